The Bertz CT molecular complexity index is 421. The number of amides is 1. The van der Waals surface area contributed by atoms with Crippen LogP contribution in [0.15, 0.2) is 24.3 Å². The van der Waals surface area contributed by atoms with Crippen molar-refractivity contribution in [3.8, 4) is 0 Å². The summed E-state index contributed by atoms with van der Waals surface area (Å²) < 4.78 is 5.45. The van der Waals surface area contributed by atoms with Gasteiger partial charge in [-0.3, -0.25) is 4.79 Å². The Kier molecular flexibility index (Phi) is 8.71. The molecule has 4 nitrogen and oxygen atoms in total. The highest BCUT2D eigenvalue weighted by atomic mass is 16.5. The van der Waals surface area contributed by atoms with Gasteiger partial charge < -0.3 is 15.8 Å². The third kappa shape index (κ3) is 7.25. The molecule has 0 fully saturated rings. The van der Waals surface area contributed by atoms with E-state index >= 15 is 0 Å². The lowest BCUT2D eigenvalue weighted by molar-refractivity contribution is -0.121. The number of nitrogens with one attached hydrogen (secondary N) is 1. The summed E-state index contributed by atoms with van der Waals surface area (Å²) in [5.74, 6) is 0.607. The van der Waals surface area contributed by atoms with Gasteiger partial charge in [-0.2, -0.15) is 0 Å². The van der Waals surface area contributed by atoms with Crippen LogP contribution in [0.2, 0.25) is 0 Å². The molecule has 0 aliphatic heterocycles. The molecule has 1 aromatic rings. The molecule has 0 heterocycles. The summed E-state index contributed by atoms with van der Waals surface area (Å²) in [4.78, 5) is 11.9. The largest absolute Gasteiger partial charge is 0.377 e. The lowest BCUT2D eigenvalue weighted by Gasteiger charge is -2.12. The number of rotatable bonds is 10. The molecule has 0 aliphatic rings. The van der Waals surface area contributed by atoms with Crippen molar-refractivity contribution in [1.82, 2.24) is 5.32 Å². The zero-order valence-electron chi connectivity index (χ0n) is 13.2. The predicted molar refractivity (Wildman–Crippen MR) is 85.7 cm³/mol. The molecule has 118 valence electrons. The van der Waals surface area contributed by atoms with Crippen molar-refractivity contribution < 1.29 is 9.53 Å². The molecule has 0 saturated heterocycles. The Hall–Kier alpha value is -1.39. The Labute approximate surface area is 128 Å². The van der Waals surface area contributed by atoms with Gasteiger partial charge in [0.1, 0.15) is 0 Å². The quantitative estimate of drug-likeness (QED) is 0.696. The number of hydrogen-bond acceptors (Lipinski definition) is 3. The number of carbonyl (C=O) groups is 1. The maximum Gasteiger partial charge on any atom is 0.220 e. The van der Waals surface area contributed by atoms with Crippen molar-refractivity contribution in [3.05, 3.63) is 35.4 Å². The molecule has 1 rings (SSSR count). The minimum Gasteiger partial charge on any atom is -0.377 e. The molecule has 0 bridgehead atoms. The van der Waals surface area contributed by atoms with Crippen molar-refractivity contribution >= 4 is 5.91 Å². The van der Waals surface area contributed by atoms with E-state index in [1.807, 2.05) is 31.2 Å². The Morgan fingerprint density at radius 1 is 1.29 bits per heavy atom. The van der Waals surface area contributed by atoms with Gasteiger partial charge in [-0.15, -0.1) is 0 Å². The van der Waals surface area contributed by atoms with E-state index in [1.165, 1.54) is 0 Å². The van der Waals surface area contributed by atoms with Crippen LogP contribution in [-0.4, -0.2) is 19.1 Å². The molecule has 0 radical (unpaired) electrons. The minimum absolute atomic E-state index is 0.102. The van der Waals surface area contributed by atoms with Gasteiger partial charge in [0, 0.05) is 19.6 Å². The van der Waals surface area contributed by atoms with Crippen LogP contribution in [0.1, 0.15) is 44.2 Å². The van der Waals surface area contributed by atoms with Crippen LogP contribution in [-0.2, 0) is 22.7 Å². The Morgan fingerprint density at radius 3 is 2.67 bits per heavy atom. The fourth-order valence-corrected chi connectivity index (χ4v) is 2.17. The van der Waals surface area contributed by atoms with E-state index in [2.05, 4.69) is 12.2 Å². The monoisotopic (exact) mass is 292 g/mol. The molecule has 3 N–H and O–H groups in total. The summed E-state index contributed by atoms with van der Waals surface area (Å²) in [6.07, 6.45) is 2.43. The first kappa shape index (κ1) is 17.7. The van der Waals surface area contributed by atoms with Gasteiger partial charge in [-0.25, -0.2) is 0 Å². The summed E-state index contributed by atoms with van der Waals surface area (Å²) in [7, 11) is 0. The van der Waals surface area contributed by atoms with Crippen LogP contribution in [0.25, 0.3) is 0 Å². The maximum atomic E-state index is 11.9. The molecule has 21 heavy (non-hydrogen) atoms. The molecule has 0 spiro atoms. The first-order valence-electron chi connectivity index (χ1n) is 7.78. The third-order valence-corrected chi connectivity index (χ3v) is 3.58. The molecule has 0 aliphatic carbocycles. The summed E-state index contributed by atoms with van der Waals surface area (Å²) in [5, 5.41) is 2.99. The fraction of sp³-hybridized carbons (Fsp3) is 0.588. The van der Waals surface area contributed by atoms with E-state index < -0.39 is 0 Å². The highest BCUT2D eigenvalue weighted by Gasteiger charge is 2.07. The number of nitrogens with two attached hydrogens (primary N) is 1. The number of benzene rings is 1. The standard InChI is InChI=1S/C17H28N2O2/c1-3-21-13-16-7-5-4-6-15(16)12-19-17(20)9-8-14(2)10-11-18/h4-7,14H,3,8-13,18H2,1-2H3,(H,19,20). The smallest absolute Gasteiger partial charge is 0.220 e. The van der Waals surface area contributed by atoms with Crippen LogP contribution in [0.4, 0.5) is 0 Å². The van der Waals surface area contributed by atoms with Crippen LogP contribution < -0.4 is 11.1 Å². The highest BCUT2D eigenvalue weighted by molar-refractivity contribution is 5.75. The lowest BCUT2D eigenvalue weighted by Crippen LogP contribution is -2.24. The first-order valence-corrected chi connectivity index (χ1v) is 7.78. The van der Waals surface area contributed by atoms with E-state index in [4.69, 9.17) is 10.5 Å². The van der Waals surface area contributed by atoms with Crippen LogP contribution in [0.3, 0.4) is 0 Å². The second kappa shape index (κ2) is 10.4. The molecule has 4 heteroatoms. The average Bonchev–Trinajstić information content (AvgIpc) is 2.50. The SMILES string of the molecule is CCOCc1ccccc1CNC(=O)CCC(C)CCN. The molecular formula is C17H28N2O2. The molecule has 1 amide bonds. The van der Waals surface area contributed by atoms with Crippen molar-refractivity contribution in [2.24, 2.45) is 11.7 Å². The number of carbonyl (C=O) groups excluding carboxylic acids is 1. The molecule has 0 aromatic heterocycles. The van der Waals surface area contributed by atoms with Gasteiger partial charge in [-0.05, 0) is 43.4 Å². The summed E-state index contributed by atoms with van der Waals surface area (Å²) in [5.41, 5.74) is 7.77. The first-order chi connectivity index (χ1) is 10.2. The van der Waals surface area contributed by atoms with Crippen molar-refractivity contribution in [2.45, 2.75) is 46.3 Å². The molecule has 0 saturated carbocycles. The van der Waals surface area contributed by atoms with Crippen LogP contribution in [0.5, 0.6) is 0 Å². The van der Waals surface area contributed by atoms with Crippen LogP contribution in [0, 0.1) is 5.92 Å². The lowest BCUT2D eigenvalue weighted by atomic mass is 10.0. The van der Waals surface area contributed by atoms with E-state index in [0.717, 1.165) is 24.0 Å². The normalized spacial score (nSPS) is 12.1. The second-order valence-corrected chi connectivity index (χ2v) is 5.40. The van der Waals surface area contributed by atoms with E-state index in [1.54, 1.807) is 0 Å². The second-order valence-electron chi connectivity index (χ2n) is 5.40. The van der Waals surface area contributed by atoms with Crippen molar-refractivity contribution in [3.63, 3.8) is 0 Å². The van der Waals surface area contributed by atoms with E-state index in [9.17, 15) is 4.79 Å². The van der Waals surface area contributed by atoms with Gasteiger partial charge in [0.2, 0.25) is 5.91 Å². The summed E-state index contributed by atoms with van der Waals surface area (Å²) in [6, 6.07) is 8.06. The topological polar surface area (TPSA) is 64.3 Å². The fourth-order valence-electron chi connectivity index (χ4n) is 2.17. The van der Waals surface area contributed by atoms with Gasteiger partial charge in [0.05, 0.1) is 6.61 Å². The zero-order chi connectivity index (χ0) is 15.5. The van der Waals surface area contributed by atoms with Gasteiger partial charge >= 0.3 is 0 Å². The molecule has 1 unspecified atom stereocenters. The van der Waals surface area contributed by atoms with Gasteiger partial charge in [0.15, 0.2) is 0 Å². The minimum atomic E-state index is 0.102. The highest BCUT2D eigenvalue weighted by Crippen LogP contribution is 2.11. The summed E-state index contributed by atoms with van der Waals surface area (Å²) >= 11 is 0. The van der Waals surface area contributed by atoms with Crippen LogP contribution >= 0.6 is 0 Å². The Balaban J connectivity index is 2.38. The van der Waals surface area contributed by atoms with E-state index in [-0.39, 0.29) is 5.91 Å². The molecular weight excluding hydrogens is 264 g/mol. The van der Waals surface area contributed by atoms with Gasteiger partial charge in [-0.1, -0.05) is 31.2 Å². The molecule has 1 aromatic carbocycles. The number of hydrogen-bond donors (Lipinski definition) is 2. The van der Waals surface area contributed by atoms with Crippen molar-refractivity contribution in [2.75, 3.05) is 13.2 Å². The third-order valence-electron chi connectivity index (χ3n) is 3.58. The maximum absolute atomic E-state index is 11.9. The Morgan fingerprint density at radius 2 is 2.00 bits per heavy atom. The summed E-state index contributed by atoms with van der Waals surface area (Å²) in [6.45, 7) is 6.65. The number of ether oxygens (including phenoxy) is 1. The average molecular weight is 292 g/mol. The van der Waals surface area contributed by atoms with Gasteiger partial charge in [0.25, 0.3) is 0 Å². The predicted octanol–water partition coefficient (Wildman–Crippen LogP) is 2.60. The van der Waals surface area contributed by atoms with Crippen molar-refractivity contribution in [1.29, 1.82) is 0 Å². The zero-order valence-corrected chi connectivity index (χ0v) is 13.2. The van der Waals surface area contributed by atoms with E-state index in [0.29, 0.717) is 38.6 Å². The molecule has 1 atom stereocenters.